The van der Waals surface area contributed by atoms with Crippen LogP contribution in [0.1, 0.15) is 36.9 Å². The molecule has 1 atom stereocenters. The molecule has 7 nitrogen and oxygen atoms in total. The van der Waals surface area contributed by atoms with E-state index in [1.165, 1.54) is 0 Å². The van der Waals surface area contributed by atoms with Crippen molar-refractivity contribution < 1.29 is 17.7 Å². The smallest absolute Gasteiger partial charge is 0.229 e. The van der Waals surface area contributed by atoms with Crippen LogP contribution in [0.4, 0.5) is 0 Å². The lowest BCUT2D eigenvalue weighted by Crippen LogP contribution is -2.41. The number of hydrogen-bond donors (Lipinski definition) is 0. The molecule has 2 aliphatic heterocycles. The molecule has 21 heavy (non-hydrogen) atoms. The maximum atomic E-state index is 12.3. The summed E-state index contributed by atoms with van der Waals surface area (Å²) in [4.78, 5) is 18.4. The van der Waals surface area contributed by atoms with Gasteiger partial charge in [-0.1, -0.05) is 5.16 Å². The first kappa shape index (κ1) is 14.5. The van der Waals surface area contributed by atoms with Crippen molar-refractivity contribution in [3.63, 3.8) is 0 Å². The van der Waals surface area contributed by atoms with Crippen LogP contribution < -0.4 is 0 Å². The van der Waals surface area contributed by atoms with Crippen LogP contribution in [0.3, 0.4) is 0 Å². The molecular weight excluding hydrogens is 294 g/mol. The van der Waals surface area contributed by atoms with E-state index in [1.807, 2.05) is 0 Å². The summed E-state index contributed by atoms with van der Waals surface area (Å²) in [6.07, 6.45) is 2.03. The Morgan fingerprint density at radius 3 is 2.52 bits per heavy atom. The molecule has 0 radical (unpaired) electrons. The lowest BCUT2D eigenvalue weighted by molar-refractivity contribution is -0.135. The number of aryl methyl sites for hydroxylation is 1. The molecule has 1 unspecified atom stereocenters. The SMILES string of the molecule is Cc1noc(C2CCN(C(=O)C3CCS(=O)(=O)C3)CC2)n1. The van der Waals surface area contributed by atoms with Crippen molar-refractivity contribution >= 4 is 15.7 Å². The minimum absolute atomic E-state index is 0.00855. The highest BCUT2D eigenvalue weighted by atomic mass is 32.2. The molecule has 0 spiro atoms. The Labute approximate surface area is 123 Å². The quantitative estimate of drug-likeness (QED) is 0.790. The fourth-order valence-electron chi connectivity index (χ4n) is 3.07. The topological polar surface area (TPSA) is 93.4 Å². The van der Waals surface area contributed by atoms with E-state index in [2.05, 4.69) is 10.1 Å². The minimum atomic E-state index is -3.01. The molecule has 0 saturated carbocycles. The summed E-state index contributed by atoms with van der Waals surface area (Å²) in [5.74, 6) is 1.24. The van der Waals surface area contributed by atoms with Crippen molar-refractivity contribution in [1.82, 2.24) is 15.0 Å². The highest BCUT2D eigenvalue weighted by Crippen LogP contribution is 2.29. The molecule has 0 aliphatic carbocycles. The van der Waals surface area contributed by atoms with E-state index in [4.69, 9.17) is 4.52 Å². The zero-order chi connectivity index (χ0) is 15.0. The lowest BCUT2D eigenvalue weighted by atomic mass is 9.95. The molecule has 0 aromatic carbocycles. The van der Waals surface area contributed by atoms with Gasteiger partial charge in [-0.25, -0.2) is 8.42 Å². The first-order valence-corrected chi connectivity index (χ1v) is 9.06. The number of amides is 1. The van der Waals surface area contributed by atoms with E-state index in [-0.39, 0.29) is 29.2 Å². The van der Waals surface area contributed by atoms with E-state index < -0.39 is 9.84 Å². The molecular formula is C13H19N3O4S. The van der Waals surface area contributed by atoms with Crippen molar-refractivity contribution in [1.29, 1.82) is 0 Å². The third kappa shape index (κ3) is 3.09. The molecule has 116 valence electrons. The number of aromatic nitrogens is 2. The summed E-state index contributed by atoms with van der Waals surface area (Å²) in [6.45, 7) is 3.04. The number of sulfone groups is 1. The molecule has 2 aliphatic rings. The average Bonchev–Trinajstić information content (AvgIpc) is 3.04. The van der Waals surface area contributed by atoms with Crippen LogP contribution in [0.15, 0.2) is 4.52 Å². The zero-order valence-electron chi connectivity index (χ0n) is 12.0. The van der Waals surface area contributed by atoms with E-state index in [0.29, 0.717) is 31.2 Å². The van der Waals surface area contributed by atoms with Crippen LogP contribution in [0, 0.1) is 12.8 Å². The summed E-state index contributed by atoms with van der Waals surface area (Å²) < 4.78 is 28.1. The molecule has 1 amide bonds. The molecule has 0 N–H and O–H groups in total. The zero-order valence-corrected chi connectivity index (χ0v) is 12.8. The summed E-state index contributed by atoms with van der Waals surface area (Å²) in [5.41, 5.74) is 0. The van der Waals surface area contributed by atoms with Gasteiger partial charge in [0, 0.05) is 19.0 Å². The fraction of sp³-hybridized carbons (Fsp3) is 0.769. The van der Waals surface area contributed by atoms with Gasteiger partial charge in [0.15, 0.2) is 15.7 Å². The Bertz CT molecular complexity index is 632. The van der Waals surface area contributed by atoms with Crippen LogP contribution >= 0.6 is 0 Å². The largest absolute Gasteiger partial charge is 0.342 e. The molecule has 1 aromatic heterocycles. The van der Waals surface area contributed by atoms with Gasteiger partial charge >= 0.3 is 0 Å². The predicted molar refractivity (Wildman–Crippen MR) is 74.4 cm³/mol. The average molecular weight is 313 g/mol. The van der Waals surface area contributed by atoms with E-state index in [0.717, 1.165) is 12.8 Å². The molecule has 3 heterocycles. The second-order valence-electron chi connectivity index (χ2n) is 5.88. The second kappa shape index (κ2) is 5.40. The molecule has 2 saturated heterocycles. The van der Waals surface area contributed by atoms with Crippen molar-refractivity contribution in [2.75, 3.05) is 24.6 Å². The van der Waals surface area contributed by atoms with Gasteiger partial charge in [0.05, 0.1) is 17.4 Å². The predicted octanol–water partition coefficient (Wildman–Crippen LogP) is 0.519. The summed E-state index contributed by atoms with van der Waals surface area (Å²) in [5, 5.41) is 3.79. The number of rotatable bonds is 2. The van der Waals surface area contributed by atoms with Gasteiger partial charge in [-0.3, -0.25) is 4.79 Å². The maximum Gasteiger partial charge on any atom is 0.229 e. The number of carbonyl (C=O) groups excluding carboxylic acids is 1. The molecule has 2 fully saturated rings. The van der Waals surface area contributed by atoms with Crippen LogP contribution in [-0.4, -0.2) is 54.0 Å². The Morgan fingerprint density at radius 1 is 1.29 bits per heavy atom. The minimum Gasteiger partial charge on any atom is -0.342 e. The second-order valence-corrected chi connectivity index (χ2v) is 8.11. The maximum absolute atomic E-state index is 12.3. The van der Waals surface area contributed by atoms with Crippen LogP contribution in [0.25, 0.3) is 0 Å². The molecule has 3 rings (SSSR count). The number of carbonyl (C=O) groups is 1. The van der Waals surface area contributed by atoms with E-state index in [1.54, 1.807) is 11.8 Å². The van der Waals surface area contributed by atoms with Crippen molar-refractivity contribution in [3.05, 3.63) is 11.7 Å². The summed E-state index contributed by atoms with van der Waals surface area (Å²) >= 11 is 0. The third-order valence-corrected chi connectivity index (χ3v) is 6.05. The standard InChI is InChI=1S/C13H19N3O4S/c1-9-14-12(20-15-9)10-2-5-16(6-3-10)13(17)11-4-7-21(18,19)8-11/h10-11H,2-8H2,1H3. The van der Waals surface area contributed by atoms with Gasteiger partial charge in [0.2, 0.25) is 11.8 Å². The van der Waals surface area contributed by atoms with Gasteiger partial charge in [-0.15, -0.1) is 0 Å². The Morgan fingerprint density at radius 2 is 2.00 bits per heavy atom. The molecule has 8 heteroatoms. The van der Waals surface area contributed by atoms with E-state index >= 15 is 0 Å². The molecule has 0 bridgehead atoms. The van der Waals surface area contributed by atoms with Crippen LogP contribution in [0.2, 0.25) is 0 Å². The van der Waals surface area contributed by atoms with Crippen molar-refractivity contribution in [3.8, 4) is 0 Å². The third-order valence-electron chi connectivity index (χ3n) is 4.28. The fourth-order valence-corrected chi connectivity index (χ4v) is 4.81. The number of nitrogens with zero attached hydrogens (tertiary/aromatic N) is 3. The molecule has 1 aromatic rings. The Kier molecular flexibility index (Phi) is 3.73. The highest BCUT2D eigenvalue weighted by Gasteiger charge is 2.37. The van der Waals surface area contributed by atoms with Gasteiger partial charge in [-0.2, -0.15) is 4.98 Å². The van der Waals surface area contributed by atoms with Gasteiger partial charge in [0.25, 0.3) is 0 Å². The monoisotopic (exact) mass is 313 g/mol. The summed E-state index contributed by atoms with van der Waals surface area (Å²) in [7, 11) is -3.01. The van der Waals surface area contributed by atoms with Crippen molar-refractivity contribution in [2.24, 2.45) is 5.92 Å². The van der Waals surface area contributed by atoms with Crippen LogP contribution in [0.5, 0.6) is 0 Å². The number of hydrogen-bond acceptors (Lipinski definition) is 6. The first-order chi connectivity index (χ1) is 9.94. The lowest BCUT2D eigenvalue weighted by Gasteiger charge is -2.32. The van der Waals surface area contributed by atoms with E-state index in [9.17, 15) is 13.2 Å². The van der Waals surface area contributed by atoms with Crippen LogP contribution in [-0.2, 0) is 14.6 Å². The Hall–Kier alpha value is -1.44. The van der Waals surface area contributed by atoms with Gasteiger partial charge in [0.1, 0.15) is 0 Å². The normalized spacial score (nSPS) is 26.1. The van der Waals surface area contributed by atoms with Gasteiger partial charge in [-0.05, 0) is 26.2 Å². The Balaban J connectivity index is 1.57. The van der Waals surface area contributed by atoms with Crippen molar-refractivity contribution in [2.45, 2.75) is 32.1 Å². The summed E-state index contributed by atoms with van der Waals surface area (Å²) in [6, 6.07) is 0. The first-order valence-electron chi connectivity index (χ1n) is 7.24. The number of piperidine rings is 1. The highest BCUT2D eigenvalue weighted by molar-refractivity contribution is 7.91. The van der Waals surface area contributed by atoms with Gasteiger partial charge < -0.3 is 9.42 Å². The number of likely N-dealkylation sites (tertiary alicyclic amines) is 1.